The molecule has 0 spiro atoms. The molecule has 0 aliphatic carbocycles. The Morgan fingerprint density at radius 1 is 1.56 bits per heavy atom. The number of ether oxygens (including phenoxy) is 1. The van der Waals surface area contributed by atoms with E-state index >= 15 is 0 Å². The molecule has 1 N–H and O–H groups in total. The van der Waals surface area contributed by atoms with Gasteiger partial charge in [-0.1, -0.05) is 6.07 Å². The molecule has 0 bridgehead atoms. The van der Waals surface area contributed by atoms with Crippen LogP contribution in [0.3, 0.4) is 0 Å². The van der Waals surface area contributed by atoms with E-state index in [1.807, 2.05) is 12.1 Å². The molecule has 7 heteroatoms. The Kier molecular flexibility index (Phi) is 5.68. The second-order valence-electron chi connectivity index (χ2n) is 6.60. The first kappa shape index (κ1) is 18.3. The van der Waals surface area contributed by atoms with Crippen LogP contribution in [0.1, 0.15) is 35.2 Å². The highest BCUT2D eigenvalue weighted by atomic mass is 32.1. The fourth-order valence-corrected chi connectivity index (χ4v) is 4.36. The highest BCUT2D eigenvalue weighted by molar-refractivity contribution is 7.20. The minimum Gasteiger partial charge on any atom is -0.395 e. The summed E-state index contributed by atoms with van der Waals surface area (Å²) in [6.07, 6.45) is 1.60. The van der Waals surface area contributed by atoms with Crippen molar-refractivity contribution in [3.05, 3.63) is 28.8 Å². The first-order valence-electron chi connectivity index (χ1n) is 8.62. The summed E-state index contributed by atoms with van der Waals surface area (Å²) >= 11 is 1.41. The van der Waals surface area contributed by atoms with E-state index in [9.17, 15) is 4.79 Å². The van der Waals surface area contributed by atoms with Crippen LogP contribution >= 0.6 is 11.3 Å². The number of thiophene rings is 1. The van der Waals surface area contributed by atoms with Gasteiger partial charge in [-0.2, -0.15) is 0 Å². The second-order valence-corrected chi connectivity index (χ2v) is 7.60. The number of aliphatic hydroxyl groups is 1. The molecule has 1 aliphatic rings. The average Bonchev–Trinajstić information content (AvgIpc) is 3.00. The van der Waals surface area contributed by atoms with Gasteiger partial charge in [-0.15, -0.1) is 11.3 Å². The van der Waals surface area contributed by atoms with Gasteiger partial charge < -0.3 is 14.7 Å². The lowest BCUT2D eigenvalue weighted by molar-refractivity contribution is -0.0396. The van der Waals surface area contributed by atoms with Crippen molar-refractivity contribution in [1.29, 1.82) is 0 Å². The van der Waals surface area contributed by atoms with E-state index in [0.717, 1.165) is 28.9 Å². The maximum Gasteiger partial charge on any atom is 0.264 e. The fraction of sp³-hybridized carbons (Fsp3) is 0.556. The van der Waals surface area contributed by atoms with Gasteiger partial charge in [0.1, 0.15) is 9.71 Å². The first-order chi connectivity index (χ1) is 12.0. The predicted octanol–water partition coefficient (Wildman–Crippen LogP) is 2.14. The largest absolute Gasteiger partial charge is 0.395 e. The van der Waals surface area contributed by atoms with E-state index in [-0.39, 0.29) is 18.6 Å². The molecule has 1 atom stereocenters. The molecule has 1 unspecified atom stereocenters. The molecule has 1 aliphatic heterocycles. The molecule has 136 valence electrons. The molecule has 25 heavy (non-hydrogen) atoms. The smallest absolute Gasteiger partial charge is 0.264 e. The lowest BCUT2D eigenvalue weighted by atomic mass is 10.0. The van der Waals surface area contributed by atoms with Crippen molar-refractivity contribution < 1.29 is 14.6 Å². The van der Waals surface area contributed by atoms with E-state index in [2.05, 4.69) is 23.7 Å². The minimum atomic E-state index is -0.143. The Morgan fingerprint density at radius 3 is 3.08 bits per heavy atom. The summed E-state index contributed by atoms with van der Waals surface area (Å²) in [4.78, 5) is 22.8. The van der Waals surface area contributed by atoms with Gasteiger partial charge in [0, 0.05) is 49.9 Å². The number of morpholine rings is 1. The Bertz CT molecular complexity index is 746. The van der Waals surface area contributed by atoms with E-state index in [4.69, 9.17) is 9.84 Å². The normalized spacial score (nSPS) is 18.8. The van der Waals surface area contributed by atoms with Crippen molar-refractivity contribution in [2.24, 2.45) is 0 Å². The highest BCUT2D eigenvalue weighted by Crippen LogP contribution is 2.38. The van der Waals surface area contributed by atoms with Gasteiger partial charge in [0.25, 0.3) is 5.91 Å². The van der Waals surface area contributed by atoms with Gasteiger partial charge in [-0.3, -0.25) is 9.69 Å². The van der Waals surface area contributed by atoms with Crippen molar-refractivity contribution in [3.63, 3.8) is 0 Å². The van der Waals surface area contributed by atoms with E-state index < -0.39 is 0 Å². The van der Waals surface area contributed by atoms with Crippen LogP contribution in [0.25, 0.3) is 10.2 Å². The summed E-state index contributed by atoms with van der Waals surface area (Å²) < 4.78 is 6.06. The molecule has 0 radical (unpaired) electrons. The van der Waals surface area contributed by atoms with Gasteiger partial charge >= 0.3 is 0 Å². The molecule has 3 rings (SSSR count). The van der Waals surface area contributed by atoms with Crippen molar-refractivity contribution in [2.45, 2.75) is 26.0 Å². The summed E-state index contributed by atoms with van der Waals surface area (Å²) in [5.74, 6) is -0.0858. The van der Waals surface area contributed by atoms with Gasteiger partial charge in [-0.25, -0.2) is 4.98 Å². The maximum atomic E-state index is 12.9. The van der Waals surface area contributed by atoms with E-state index in [1.54, 1.807) is 18.1 Å². The van der Waals surface area contributed by atoms with Gasteiger partial charge in [0.05, 0.1) is 19.3 Å². The molecular weight excluding hydrogens is 338 g/mol. The van der Waals surface area contributed by atoms with Crippen LogP contribution in [0.2, 0.25) is 0 Å². The van der Waals surface area contributed by atoms with Crippen LogP contribution in [0.15, 0.2) is 18.3 Å². The number of fused-ring (bicyclic) bond motifs is 1. The lowest BCUT2D eigenvalue weighted by Gasteiger charge is -2.36. The SMILES string of the molecule is CC(C)N1CCOC(c2c(C(=O)N(C)CCO)sc3ncccc23)C1. The number of nitrogens with zero attached hydrogens (tertiary/aromatic N) is 3. The molecule has 2 aromatic heterocycles. The zero-order valence-corrected chi connectivity index (χ0v) is 15.8. The zero-order valence-electron chi connectivity index (χ0n) is 14.9. The Balaban J connectivity index is 2.03. The van der Waals surface area contributed by atoms with Crippen molar-refractivity contribution in [3.8, 4) is 0 Å². The maximum absolute atomic E-state index is 12.9. The number of aliphatic hydroxyl groups excluding tert-OH is 1. The number of amides is 1. The molecule has 0 aromatic carbocycles. The summed E-state index contributed by atoms with van der Waals surface area (Å²) in [5, 5.41) is 10.1. The Hall–Kier alpha value is -1.54. The summed E-state index contributed by atoms with van der Waals surface area (Å²) in [7, 11) is 1.71. The lowest BCUT2D eigenvalue weighted by Crippen LogP contribution is -2.42. The van der Waals surface area contributed by atoms with E-state index in [1.165, 1.54) is 11.3 Å². The molecule has 0 saturated carbocycles. The van der Waals surface area contributed by atoms with E-state index in [0.29, 0.717) is 24.1 Å². The van der Waals surface area contributed by atoms with Crippen LogP contribution in [-0.4, -0.2) is 71.7 Å². The number of carbonyl (C=O) groups is 1. The molecule has 1 fully saturated rings. The molecule has 1 saturated heterocycles. The quantitative estimate of drug-likeness (QED) is 0.882. The van der Waals surface area contributed by atoms with Crippen LogP contribution in [0.5, 0.6) is 0 Å². The third-order valence-electron chi connectivity index (χ3n) is 4.63. The van der Waals surface area contributed by atoms with Crippen molar-refractivity contribution in [2.75, 3.05) is 39.9 Å². The highest BCUT2D eigenvalue weighted by Gasteiger charge is 2.31. The van der Waals surface area contributed by atoms with Crippen LogP contribution in [-0.2, 0) is 4.74 Å². The third-order valence-corrected chi connectivity index (χ3v) is 5.75. The Labute approximate surface area is 152 Å². The summed E-state index contributed by atoms with van der Waals surface area (Å²) in [6, 6.07) is 4.34. The monoisotopic (exact) mass is 363 g/mol. The molecule has 2 aromatic rings. The van der Waals surface area contributed by atoms with Gasteiger partial charge in [-0.05, 0) is 19.9 Å². The number of aromatic nitrogens is 1. The minimum absolute atomic E-state index is 0.0538. The van der Waals surface area contributed by atoms with Crippen LogP contribution in [0.4, 0.5) is 0 Å². The molecular formula is C18H25N3O3S. The van der Waals surface area contributed by atoms with Crippen LogP contribution < -0.4 is 0 Å². The number of pyridine rings is 1. The molecule has 6 nitrogen and oxygen atoms in total. The topological polar surface area (TPSA) is 65.9 Å². The zero-order chi connectivity index (χ0) is 18.0. The third kappa shape index (κ3) is 3.69. The number of hydrogen-bond donors (Lipinski definition) is 1. The Morgan fingerprint density at radius 2 is 2.36 bits per heavy atom. The molecule has 1 amide bonds. The summed E-state index contributed by atoms with van der Waals surface area (Å²) in [5.41, 5.74) is 0.938. The predicted molar refractivity (Wildman–Crippen MR) is 99.1 cm³/mol. The average molecular weight is 363 g/mol. The van der Waals surface area contributed by atoms with Crippen LogP contribution in [0, 0.1) is 0 Å². The molecule has 3 heterocycles. The number of rotatable bonds is 5. The van der Waals surface area contributed by atoms with Crippen molar-refractivity contribution in [1.82, 2.24) is 14.8 Å². The standard InChI is InChI=1S/C18H25N3O3S/c1-12(2)21-8-10-24-14(11-21)15-13-5-4-6-19-17(13)25-16(15)18(23)20(3)7-9-22/h4-6,12,14,22H,7-11H2,1-3H3. The second kappa shape index (κ2) is 7.78. The fourth-order valence-electron chi connectivity index (χ4n) is 3.17. The van der Waals surface area contributed by atoms with Gasteiger partial charge in [0.15, 0.2) is 0 Å². The number of hydrogen-bond acceptors (Lipinski definition) is 6. The number of carbonyl (C=O) groups excluding carboxylic acids is 1. The first-order valence-corrected chi connectivity index (χ1v) is 9.44. The van der Waals surface area contributed by atoms with Gasteiger partial charge in [0.2, 0.25) is 0 Å². The number of likely N-dealkylation sites (N-methyl/N-ethyl adjacent to an activating group) is 1. The summed E-state index contributed by atoms with van der Waals surface area (Å²) in [6.45, 7) is 6.93. The van der Waals surface area contributed by atoms with Crippen molar-refractivity contribution >= 4 is 27.5 Å².